The van der Waals surface area contributed by atoms with E-state index in [1.165, 1.54) is 14.0 Å². The Morgan fingerprint density at radius 2 is 2.13 bits per heavy atom. The lowest BCUT2D eigenvalue weighted by atomic mass is 10.2. The van der Waals surface area contributed by atoms with Crippen molar-refractivity contribution in [1.82, 2.24) is 14.9 Å². The van der Waals surface area contributed by atoms with Crippen LogP contribution in [0, 0.1) is 0 Å². The van der Waals surface area contributed by atoms with E-state index in [2.05, 4.69) is 20.9 Å². The van der Waals surface area contributed by atoms with E-state index in [0.29, 0.717) is 30.2 Å². The Balaban J connectivity index is 1.88. The van der Waals surface area contributed by atoms with Crippen LogP contribution in [0.15, 0.2) is 36.9 Å². The summed E-state index contributed by atoms with van der Waals surface area (Å²) in [6.45, 7) is 2.53. The number of hydrogen-bond acceptors (Lipinski definition) is 4. The SMILES string of the molecule is COc1cc(NC(=O)NCCn2ccnc2)ccc1NC(C)=O. The molecule has 122 valence electrons. The molecule has 0 unspecified atom stereocenters. The highest BCUT2D eigenvalue weighted by atomic mass is 16.5. The largest absolute Gasteiger partial charge is 0.494 e. The van der Waals surface area contributed by atoms with Crippen molar-refractivity contribution >= 4 is 23.3 Å². The van der Waals surface area contributed by atoms with E-state index in [1.54, 1.807) is 30.7 Å². The molecule has 3 N–H and O–H groups in total. The predicted octanol–water partition coefficient (Wildman–Crippen LogP) is 1.67. The average molecular weight is 317 g/mol. The van der Waals surface area contributed by atoms with Crippen LogP contribution in [0.1, 0.15) is 6.92 Å². The van der Waals surface area contributed by atoms with E-state index in [0.717, 1.165) is 0 Å². The van der Waals surface area contributed by atoms with E-state index in [4.69, 9.17) is 4.74 Å². The van der Waals surface area contributed by atoms with Crippen molar-refractivity contribution < 1.29 is 14.3 Å². The summed E-state index contributed by atoms with van der Waals surface area (Å²) in [5, 5.41) is 8.11. The summed E-state index contributed by atoms with van der Waals surface area (Å²) in [7, 11) is 1.50. The van der Waals surface area contributed by atoms with Gasteiger partial charge in [-0.15, -0.1) is 0 Å². The lowest BCUT2D eigenvalue weighted by molar-refractivity contribution is -0.114. The van der Waals surface area contributed by atoms with Gasteiger partial charge in [-0.3, -0.25) is 4.79 Å². The smallest absolute Gasteiger partial charge is 0.319 e. The highest BCUT2D eigenvalue weighted by molar-refractivity contribution is 5.93. The van der Waals surface area contributed by atoms with Crippen LogP contribution in [0.3, 0.4) is 0 Å². The maximum absolute atomic E-state index is 11.8. The summed E-state index contributed by atoms with van der Waals surface area (Å²) in [6.07, 6.45) is 5.19. The Hall–Kier alpha value is -3.03. The average Bonchev–Trinajstić information content (AvgIpc) is 3.01. The Labute approximate surface area is 133 Å². The summed E-state index contributed by atoms with van der Waals surface area (Å²) < 4.78 is 7.07. The lowest BCUT2D eigenvalue weighted by Gasteiger charge is -2.12. The second kappa shape index (κ2) is 7.83. The Morgan fingerprint density at radius 3 is 2.78 bits per heavy atom. The number of carbonyl (C=O) groups excluding carboxylic acids is 2. The minimum Gasteiger partial charge on any atom is -0.494 e. The van der Waals surface area contributed by atoms with Gasteiger partial charge in [-0.05, 0) is 12.1 Å². The molecule has 0 bridgehead atoms. The number of amides is 3. The number of ether oxygens (including phenoxy) is 1. The van der Waals surface area contributed by atoms with Crippen molar-refractivity contribution in [2.45, 2.75) is 13.5 Å². The molecule has 0 aliphatic carbocycles. The maximum Gasteiger partial charge on any atom is 0.319 e. The van der Waals surface area contributed by atoms with Gasteiger partial charge in [0.2, 0.25) is 5.91 Å². The first-order valence-corrected chi connectivity index (χ1v) is 7.04. The third kappa shape index (κ3) is 5.03. The van der Waals surface area contributed by atoms with Crippen LogP contribution in [0.2, 0.25) is 0 Å². The van der Waals surface area contributed by atoms with E-state index in [9.17, 15) is 9.59 Å². The summed E-state index contributed by atoms with van der Waals surface area (Å²) in [6, 6.07) is 4.67. The van der Waals surface area contributed by atoms with Gasteiger partial charge in [0, 0.05) is 44.2 Å². The molecule has 2 rings (SSSR count). The van der Waals surface area contributed by atoms with Crippen molar-refractivity contribution in [2.75, 3.05) is 24.3 Å². The molecule has 2 aromatic rings. The predicted molar refractivity (Wildman–Crippen MR) is 86.5 cm³/mol. The number of rotatable bonds is 6. The van der Waals surface area contributed by atoms with Gasteiger partial charge in [0.1, 0.15) is 5.75 Å². The van der Waals surface area contributed by atoms with Crippen molar-refractivity contribution in [1.29, 1.82) is 0 Å². The number of nitrogens with zero attached hydrogens (tertiary/aromatic N) is 2. The number of hydrogen-bond donors (Lipinski definition) is 3. The van der Waals surface area contributed by atoms with Crippen LogP contribution in [0.4, 0.5) is 16.2 Å². The van der Waals surface area contributed by atoms with Gasteiger partial charge >= 0.3 is 6.03 Å². The number of benzene rings is 1. The topological polar surface area (TPSA) is 97.3 Å². The number of imidazole rings is 1. The van der Waals surface area contributed by atoms with Crippen molar-refractivity contribution in [3.8, 4) is 5.75 Å². The number of methoxy groups -OCH3 is 1. The highest BCUT2D eigenvalue weighted by Crippen LogP contribution is 2.27. The monoisotopic (exact) mass is 317 g/mol. The standard InChI is InChI=1S/C15H19N5O3/c1-11(21)18-13-4-3-12(9-14(13)23-2)19-15(22)17-6-8-20-7-5-16-10-20/h3-5,7,9-10H,6,8H2,1-2H3,(H,18,21)(H2,17,19,22). The van der Waals surface area contributed by atoms with E-state index in [-0.39, 0.29) is 11.9 Å². The molecule has 0 radical (unpaired) electrons. The van der Waals surface area contributed by atoms with Gasteiger partial charge < -0.3 is 25.3 Å². The minimum absolute atomic E-state index is 0.193. The fraction of sp³-hybridized carbons (Fsp3) is 0.267. The normalized spacial score (nSPS) is 10.0. The first-order valence-electron chi connectivity index (χ1n) is 7.04. The zero-order valence-electron chi connectivity index (χ0n) is 13.0. The van der Waals surface area contributed by atoms with Gasteiger partial charge in [0.15, 0.2) is 0 Å². The zero-order valence-corrected chi connectivity index (χ0v) is 13.0. The molecule has 0 saturated carbocycles. The first kappa shape index (κ1) is 16.3. The molecule has 1 heterocycles. The summed E-state index contributed by atoms with van der Waals surface area (Å²) >= 11 is 0. The maximum atomic E-state index is 11.8. The lowest BCUT2D eigenvalue weighted by Crippen LogP contribution is -2.31. The molecule has 0 aliphatic heterocycles. The van der Waals surface area contributed by atoms with Crippen molar-refractivity contribution in [3.63, 3.8) is 0 Å². The van der Waals surface area contributed by atoms with Crippen LogP contribution in [-0.2, 0) is 11.3 Å². The zero-order chi connectivity index (χ0) is 16.7. The number of anilines is 2. The number of carbonyl (C=O) groups is 2. The molecular weight excluding hydrogens is 298 g/mol. The summed E-state index contributed by atoms with van der Waals surface area (Å²) in [5.74, 6) is 0.276. The van der Waals surface area contributed by atoms with Gasteiger partial charge in [-0.1, -0.05) is 0 Å². The summed E-state index contributed by atoms with van der Waals surface area (Å²) in [5.41, 5.74) is 1.11. The molecular formula is C15H19N5O3. The minimum atomic E-state index is -0.320. The molecule has 0 spiro atoms. The molecule has 1 aromatic heterocycles. The molecule has 1 aromatic carbocycles. The Bertz CT molecular complexity index is 670. The Kier molecular flexibility index (Phi) is 5.56. The second-order valence-electron chi connectivity index (χ2n) is 4.78. The number of aromatic nitrogens is 2. The van der Waals surface area contributed by atoms with Crippen LogP contribution in [0.25, 0.3) is 0 Å². The van der Waals surface area contributed by atoms with Crippen LogP contribution < -0.4 is 20.7 Å². The van der Waals surface area contributed by atoms with Gasteiger partial charge in [-0.2, -0.15) is 0 Å². The third-order valence-corrected chi connectivity index (χ3v) is 2.98. The van der Waals surface area contributed by atoms with Crippen molar-refractivity contribution in [3.05, 3.63) is 36.9 Å². The van der Waals surface area contributed by atoms with E-state index in [1.807, 2.05) is 10.8 Å². The first-order chi connectivity index (χ1) is 11.1. The highest BCUT2D eigenvalue weighted by Gasteiger charge is 2.08. The molecule has 0 fully saturated rings. The fourth-order valence-corrected chi connectivity index (χ4v) is 1.95. The third-order valence-electron chi connectivity index (χ3n) is 2.98. The Morgan fingerprint density at radius 1 is 1.30 bits per heavy atom. The van der Waals surface area contributed by atoms with E-state index < -0.39 is 0 Å². The van der Waals surface area contributed by atoms with Gasteiger partial charge in [-0.25, -0.2) is 9.78 Å². The fourth-order valence-electron chi connectivity index (χ4n) is 1.95. The summed E-state index contributed by atoms with van der Waals surface area (Å²) in [4.78, 5) is 26.9. The van der Waals surface area contributed by atoms with Crippen molar-refractivity contribution in [2.24, 2.45) is 0 Å². The molecule has 0 aliphatic rings. The van der Waals surface area contributed by atoms with Gasteiger partial charge in [0.05, 0.1) is 19.1 Å². The number of urea groups is 1. The molecule has 8 nitrogen and oxygen atoms in total. The van der Waals surface area contributed by atoms with Crippen LogP contribution in [0.5, 0.6) is 5.75 Å². The molecule has 0 saturated heterocycles. The van der Waals surface area contributed by atoms with E-state index >= 15 is 0 Å². The molecule has 23 heavy (non-hydrogen) atoms. The van der Waals surface area contributed by atoms with Crippen LogP contribution >= 0.6 is 0 Å². The molecule has 3 amide bonds. The molecule has 0 atom stereocenters. The number of nitrogens with one attached hydrogen (secondary N) is 3. The van der Waals surface area contributed by atoms with Crippen LogP contribution in [-0.4, -0.2) is 35.1 Å². The quantitative estimate of drug-likeness (QED) is 0.755. The second-order valence-corrected chi connectivity index (χ2v) is 4.78. The van der Waals surface area contributed by atoms with Gasteiger partial charge in [0.25, 0.3) is 0 Å². The molecule has 8 heteroatoms.